The summed E-state index contributed by atoms with van der Waals surface area (Å²) in [4.78, 5) is 0. The summed E-state index contributed by atoms with van der Waals surface area (Å²) in [5.41, 5.74) is 1.34. The minimum absolute atomic E-state index is 0.563. The molecule has 0 aliphatic rings. The molecule has 104 valence electrons. The van der Waals surface area contributed by atoms with Gasteiger partial charge in [0.1, 0.15) is 0 Å². The maximum atomic E-state index is 4.34. The number of nitrogens with one attached hydrogen (secondary N) is 1. The number of thioether (sulfide) groups is 1. The Kier molecular flexibility index (Phi) is 7.44. The third-order valence-electron chi connectivity index (χ3n) is 2.76. The van der Waals surface area contributed by atoms with Crippen molar-refractivity contribution in [2.24, 2.45) is 5.92 Å². The summed E-state index contributed by atoms with van der Waals surface area (Å²) < 4.78 is 2.00. The normalized spacial score (nSPS) is 13.2. The molecule has 1 heterocycles. The van der Waals surface area contributed by atoms with Crippen LogP contribution in [0.5, 0.6) is 0 Å². The summed E-state index contributed by atoms with van der Waals surface area (Å²) in [5, 5.41) is 7.91. The van der Waals surface area contributed by atoms with Crippen LogP contribution in [0.25, 0.3) is 0 Å². The predicted octanol–water partition coefficient (Wildman–Crippen LogP) is 2.81. The van der Waals surface area contributed by atoms with Crippen LogP contribution in [0.3, 0.4) is 0 Å². The number of rotatable bonds is 9. The van der Waals surface area contributed by atoms with Gasteiger partial charge in [0.15, 0.2) is 0 Å². The Morgan fingerprint density at radius 1 is 1.33 bits per heavy atom. The Morgan fingerprint density at radius 2 is 2.11 bits per heavy atom. The minimum Gasteiger partial charge on any atom is -0.313 e. The van der Waals surface area contributed by atoms with Gasteiger partial charge in [-0.1, -0.05) is 20.8 Å². The van der Waals surface area contributed by atoms with Crippen molar-refractivity contribution in [3.8, 4) is 0 Å². The quantitative estimate of drug-likeness (QED) is 0.747. The van der Waals surface area contributed by atoms with Gasteiger partial charge in [0.2, 0.25) is 0 Å². The van der Waals surface area contributed by atoms with Crippen LogP contribution < -0.4 is 5.32 Å². The highest BCUT2D eigenvalue weighted by Gasteiger charge is 2.10. The largest absolute Gasteiger partial charge is 0.313 e. The summed E-state index contributed by atoms with van der Waals surface area (Å²) in [6, 6.07) is 0.563. The first-order valence-corrected chi connectivity index (χ1v) is 8.13. The van der Waals surface area contributed by atoms with Gasteiger partial charge in [-0.2, -0.15) is 16.9 Å². The van der Waals surface area contributed by atoms with Gasteiger partial charge in [-0.3, -0.25) is 4.68 Å². The maximum absolute atomic E-state index is 4.34. The fourth-order valence-corrected chi connectivity index (χ4v) is 3.02. The van der Waals surface area contributed by atoms with Crippen LogP contribution in [0.1, 0.15) is 33.3 Å². The van der Waals surface area contributed by atoms with E-state index in [2.05, 4.69) is 56.1 Å². The molecule has 1 atom stereocenters. The molecule has 3 nitrogen and oxygen atoms in total. The van der Waals surface area contributed by atoms with E-state index in [0.717, 1.165) is 25.4 Å². The lowest BCUT2D eigenvalue weighted by atomic mass is 10.1. The fourth-order valence-electron chi connectivity index (χ4n) is 1.89. The molecule has 18 heavy (non-hydrogen) atoms. The number of aromatic nitrogens is 2. The van der Waals surface area contributed by atoms with Crippen molar-refractivity contribution in [2.45, 2.75) is 46.7 Å². The number of aryl methyl sites for hydroxylation is 1. The minimum atomic E-state index is 0.563. The molecule has 0 saturated carbocycles. The van der Waals surface area contributed by atoms with E-state index in [0.29, 0.717) is 6.04 Å². The second-order valence-electron chi connectivity index (χ2n) is 5.09. The lowest BCUT2D eigenvalue weighted by Gasteiger charge is -2.17. The molecule has 0 aliphatic carbocycles. The Morgan fingerprint density at radius 3 is 2.67 bits per heavy atom. The first kappa shape index (κ1) is 15.6. The average molecular weight is 269 g/mol. The standard InChI is InChI=1S/C14H27N3S/c1-5-15-14(11-18-10-12(3)4)7-13-8-16-17(6-2)9-13/h8-9,12,14-15H,5-7,10-11H2,1-4H3. The van der Waals surface area contributed by atoms with Crippen molar-refractivity contribution < 1.29 is 0 Å². The highest BCUT2D eigenvalue weighted by atomic mass is 32.2. The molecule has 1 N–H and O–H groups in total. The number of likely N-dealkylation sites (N-methyl/N-ethyl adjacent to an activating group) is 1. The second kappa shape index (κ2) is 8.59. The summed E-state index contributed by atoms with van der Waals surface area (Å²) in [6.45, 7) is 10.8. The molecular weight excluding hydrogens is 242 g/mol. The SMILES string of the molecule is CCNC(CSCC(C)C)Cc1cnn(CC)c1. The molecule has 0 saturated heterocycles. The van der Waals surface area contributed by atoms with Crippen molar-refractivity contribution in [1.29, 1.82) is 0 Å². The second-order valence-corrected chi connectivity index (χ2v) is 6.17. The third kappa shape index (κ3) is 5.91. The smallest absolute Gasteiger partial charge is 0.0522 e. The molecule has 1 rings (SSSR count). The van der Waals surface area contributed by atoms with E-state index in [1.54, 1.807) is 0 Å². The Labute approximate surface area is 116 Å². The molecule has 1 aromatic rings. The highest BCUT2D eigenvalue weighted by molar-refractivity contribution is 7.99. The van der Waals surface area contributed by atoms with E-state index < -0.39 is 0 Å². The van der Waals surface area contributed by atoms with Crippen molar-refractivity contribution in [3.63, 3.8) is 0 Å². The van der Waals surface area contributed by atoms with E-state index >= 15 is 0 Å². The summed E-state index contributed by atoms with van der Waals surface area (Å²) >= 11 is 2.05. The third-order valence-corrected chi connectivity index (χ3v) is 4.30. The number of hydrogen-bond acceptors (Lipinski definition) is 3. The van der Waals surface area contributed by atoms with Crippen molar-refractivity contribution in [3.05, 3.63) is 18.0 Å². The molecule has 0 radical (unpaired) electrons. The van der Waals surface area contributed by atoms with Crippen molar-refractivity contribution >= 4 is 11.8 Å². The van der Waals surface area contributed by atoms with Crippen LogP contribution in [-0.4, -0.2) is 33.9 Å². The number of hydrogen-bond donors (Lipinski definition) is 1. The Hall–Kier alpha value is -0.480. The molecule has 1 aromatic heterocycles. The van der Waals surface area contributed by atoms with E-state index in [-0.39, 0.29) is 0 Å². The molecular formula is C14H27N3S. The molecule has 0 aliphatic heterocycles. The van der Waals surface area contributed by atoms with Gasteiger partial charge in [0.25, 0.3) is 0 Å². The van der Waals surface area contributed by atoms with Crippen LogP contribution in [0.15, 0.2) is 12.4 Å². The van der Waals surface area contributed by atoms with Gasteiger partial charge in [0.05, 0.1) is 6.20 Å². The van der Waals surface area contributed by atoms with Crippen LogP contribution in [0.2, 0.25) is 0 Å². The van der Waals surface area contributed by atoms with Crippen LogP contribution in [0.4, 0.5) is 0 Å². The van der Waals surface area contributed by atoms with Crippen molar-refractivity contribution in [1.82, 2.24) is 15.1 Å². The Bertz CT molecular complexity index is 323. The zero-order valence-electron chi connectivity index (χ0n) is 12.1. The van der Waals surface area contributed by atoms with Gasteiger partial charge < -0.3 is 5.32 Å². The summed E-state index contributed by atoms with van der Waals surface area (Å²) in [6.07, 6.45) is 5.25. The van der Waals surface area contributed by atoms with Crippen molar-refractivity contribution in [2.75, 3.05) is 18.1 Å². The van der Waals surface area contributed by atoms with E-state index in [4.69, 9.17) is 0 Å². The first-order valence-electron chi connectivity index (χ1n) is 6.98. The summed E-state index contributed by atoms with van der Waals surface area (Å²) in [7, 11) is 0. The van der Waals surface area contributed by atoms with Crippen LogP contribution in [-0.2, 0) is 13.0 Å². The van der Waals surface area contributed by atoms with Gasteiger partial charge in [-0.15, -0.1) is 0 Å². The average Bonchev–Trinajstić information content (AvgIpc) is 2.76. The molecule has 0 aromatic carbocycles. The van der Waals surface area contributed by atoms with Gasteiger partial charge >= 0.3 is 0 Å². The lowest BCUT2D eigenvalue weighted by Crippen LogP contribution is -2.33. The molecule has 0 amide bonds. The van der Waals surface area contributed by atoms with Crippen LogP contribution in [0, 0.1) is 5.92 Å². The lowest BCUT2D eigenvalue weighted by molar-refractivity contribution is 0.571. The molecule has 4 heteroatoms. The zero-order chi connectivity index (χ0) is 13.4. The molecule has 0 spiro atoms. The summed E-state index contributed by atoms with van der Waals surface area (Å²) in [5.74, 6) is 3.21. The fraction of sp³-hybridized carbons (Fsp3) is 0.786. The van der Waals surface area contributed by atoms with Gasteiger partial charge in [0, 0.05) is 24.5 Å². The van der Waals surface area contributed by atoms with E-state index in [9.17, 15) is 0 Å². The van der Waals surface area contributed by atoms with E-state index in [1.165, 1.54) is 17.1 Å². The zero-order valence-corrected chi connectivity index (χ0v) is 13.0. The molecule has 0 bridgehead atoms. The topological polar surface area (TPSA) is 29.9 Å². The van der Waals surface area contributed by atoms with E-state index in [1.807, 2.05) is 10.9 Å². The first-order chi connectivity index (χ1) is 8.65. The van der Waals surface area contributed by atoms with Gasteiger partial charge in [-0.25, -0.2) is 0 Å². The maximum Gasteiger partial charge on any atom is 0.0522 e. The highest BCUT2D eigenvalue weighted by Crippen LogP contribution is 2.12. The monoisotopic (exact) mass is 269 g/mol. The Balaban J connectivity index is 2.41. The predicted molar refractivity (Wildman–Crippen MR) is 81.2 cm³/mol. The molecule has 1 unspecified atom stereocenters. The van der Waals surface area contributed by atoms with Gasteiger partial charge in [-0.05, 0) is 37.1 Å². The molecule has 0 fully saturated rings. The number of nitrogens with zero attached hydrogens (tertiary/aromatic N) is 2. The van der Waals surface area contributed by atoms with Crippen LogP contribution >= 0.6 is 11.8 Å².